The van der Waals surface area contributed by atoms with Gasteiger partial charge in [0.1, 0.15) is 5.65 Å². The Morgan fingerprint density at radius 2 is 2.26 bits per heavy atom. The maximum absolute atomic E-state index is 8.98. The Kier molecular flexibility index (Phi) is 3.73. The van der Waals surface area contributed by atoms with Crippen LogP contribution in [0.15, 0.2) is 24.5 Å². The average Bonchev–Trinajstić information content (AvgIpc) is 2.96. The van der Waals surface area contributed by atoms with Gasteiger partial charge in [-0.3, -0.25) is 4.90 Å². The van der Waals surface area contributed by atoms with Crippen molar-refractivity contribution >= 4 is 17.2 Å². The molecule has 0 bridgehead atoms. The molecule has 19 heavy (non-hydrogen) atoms. The van der Waals surface area contributed by atoms with Crippen molar-refractivity contribution in [1.29, 1.82) is 0 Å². The molecule has 2 aromatic rings. The maximum Gasteiger partial charge on any atom is 0.137 e. The van der Waals surface area contributed by atoms with Gasteiger partial charge in [0.15, 0.2) is 0 Å². The van der Waals surface area contributed by atoms with E-state index < -0.39 is 0 Å². The van der Waals surface area contributed by atoms with Crippen LogP contribution < -0.4 is 0 Å². The largest absolute Gasteiger partial charge is 0.396 e. The molecule has 1 aliphatic rings. The minimum Gasteiger partial charge on any atom is -0.396 e. The summed E-state index contributed by atoms with van der Waals surface area (Å²) < 4.78 is 1.97. The Bertz CT molecular complexity index is 569. The van der Waals surface area contributed by atoms with E-state index in [1.165, 1.54) is 6.42 Å². The third-order valence-corrected chi connectivity index (χ3v) is 3.98. The number of pyridine rings is 1. The Hall–Kier alpha value is -1.10. The number of imidazole rings is 1. The van der Waals surface area contributed by atoms with Crippen molar-refractivity contribution in [2.75, 3.05) is 19.7 Å². The molecule has 3 heterocycles. The second-order valence-corrected chi connectivity index (χ2v) is 5.68. The van der Waals surface area contributed by atoms with Crippen LogP contribution in [0.4, 0.5) is 0 Å². The van der Waals surface area contributed by atoms with Crippen LogP contribution in [0.1, 0.15) is 18.5 Å². The van der Waals surface area contributed by atoms with Gasteiger partial charge in [-0.1, -0.05) is 11.6 Å². The number of aliphatic hydroxyl groups is 1. The zero-order valence-electron chi connectivity index (χ0n) is 10.8. The van der Waals surface area contributed by atoms with Crippen molar-refractivity contribution in [3.05, 3.63) is 35.2 Å². The summed E-state index contributed by atoms with van der Waals surface area (Å²) in [6, 6.07) is 3.80. The normalized spacial score (nSPS) is 20.4. The van der Waals surface area contributed by atoms with Gasteiger partial charge in [-0.2, -0.15) is 0 Å². The molecule has 1 unspecified atom stereocenters. The molecule has 0 aliphatic carbocycles. The Labute approximate surface area is 117 Å². The van der Waals surface area contributed by atoms with Crippen LogP contribution in [0.25, 0.3) is 5.65 Å². The lowest BCUT2D eigenvalue weighted by Gasteiger charge is -2.13. The predicted octanol–water partition coefficient (Wildman–Crippen LogP) is 2.19. The predicted molar refractivity (Wildman–Crippen MR) is 75.3 cm³/mol. The van der Waals surface area contributed by atoms with Gasteiger partial charge in [0.2, 0.25) is 0 Å². The monoisotopic (exact) mass is 279 g/mol. The standard InChI is InChI=1S/C14H18ClN3O/c15-12-1-2-14-16-13(10-18(14)8-12)9-17-5-3-11(7-17)4-6-19/h1-2,8,10-11,19H,3-7,9H2. The number of hydrogen-bond donors (Lipinski definition) is 1. The molecule has 0 aromatic carbocycles. The summed E-state index contributed by atoms with van der Waals surface area (Å²) in [7, 11) is 0. The number of rotatable bonds is 4. The molecule has 3 rings (SSSR count). The number of halogens is 1. The summed E-state index contributed by atoms with van der Waals surface area (Å²) in [6.45, 7) is 3.33. The number of hydrogen-bond acceptors (Lipinski definition) is 3. The highest BCUT2D eigenvalue weighted by Gasteiger charge is 2.22. The van der Waals surface area contributed by atoms with Crippen LogP contribution in [0.2, 0.25) is 5.02 Å². The number of aromatic nitrogens is 2. The number of aliphatic hydroxyl groups excluding tert-OH is 1. The van der Waals surface area contributed by atoms with Crippen LogP contribution in [0.5, 0.6) is 0 Å². The van der Waals surface area contributed by atoms with Crippen molar-refractivity contribution in [3.8, 4) is 0 Å². The fraction of sp³-hybridized carbons (Fsp3) is 0.500. The van der Waals surface area contributed by atoms with Crippen LogP contribution in [-0.2, 0) is 6.54 Å². The molecule has 1 fully saturated rings. The molecule has 1 aliphatic heterocycles. The summed E-state index contributed by atoms with van der Waals surface area (Å²) in [5, 5.41) is 9.70. The van der Waals surface area contributed by atoms with Crippen LogP contribution in [0.3, 0.4) is 0 Å². The first-order valence-corrected chi connectivity index (χ1v) is 7.09. The van der Waals surface area contributed by atoms with Crippen molar-refractivity contribution in [2.45, 2.75) is 19.4 Å². The van der Waals surface area contributed by atoms with Crippen LogP contribution >= 0.6 is 11.6 Å². The minimum atomic E-state index is 0.297. The van der Waals surface area contributed by atoms with Crippen molar-refractivity contribution in [2.24, 2.45) is 5.92 Å². The molecule has 0 saturated carbocycles. The van der Waals surface area contributed by atoms with E-state index in [9.17, 15) is 0 Å². The number of fused-ring (bicyclic) bond motifs is 1. The van der Waals surface area contributed by atoms with Gasteiger partial charge in [0.25, 0.3) is 0 Å². The van der Waals surface area contributed by atoms with Gasteiger partial charge in [-0.05, 0) is 37.4 Å². The van der Waals surface area contributed by atoms with E-state index in [-0.39, 0.29) is 0 Å². The molecular formula is C14H18ClN3O. The number of nitrogens with zero attached hydrogens (tertiary/aromatic N) is 3. The smallest absolute Gasteiger partial charge is 0.137 e. The highest BCUT2D eigenvalue weighted by molar-refractivity contribution is 6.30. The SMILES string of the molecule is OCCC1CCN(Cc2cn3cc(Cl)ccc3n2)C1. The quantitative estimate of drug-likeness (QED) is 0.933. The van der Waals surface area contributed by atoms with E-state index in [1.54, 1.807) is 0 Å². The molecule has 0 amide bonds. The topological polar surface area (TPSA) is 40.8 Å². The third kappa shape index (κ3) is 2.91. The van der Waals surface area contributed by atoms with E-state index in [0.717, 1.165) is 42.4 Å². The highest BCUT2D eigenvalue weighted by atomic mass is 35.5. The van der Waals surface area contributed by atoms with Crippen molar-refractivity contribution < 1.29 is 5.11 Å². The Morgan fingerprint density at radius 1 is 1.37 bits per heavy atom. The van der Waals surface area contributed by atoms with E-state index >= 15 is 0 Å². The van der Waals surface area contributed by atoms with E-state index in [2.05, 4.69) is 9.88 Å². The number of likely N-dealkylation sites (tertiary alicyclic amines) is 1. The fourth-order valence-corrected chi connectivity index (χ4v) is 2.97. The molecular weight excluding hydrogens is 262 g/mol. The second-order valence-electron chi connectivity index (χ2n) is 5.25. The molecule has 4 nitrogen and oxygen atoms in total. The lowest BCUT2D eigenvalue weighted by Crippen LogP contribution is -2.20. The van der Waals surface area contributed by atoms with E-state index in [4.69, 9.17) is 16.7 Å². The van der Waals surface area contributed by atoms with Crippen LogP contribution in [-0.4, -0.2) is 39.1 Å². The maximum atomic E-state index is 8.98. The molecule has 1 N–H and O–H groups in total. The molecule has 0 radical (unpaired) electrons. The second kappa shape index (κ2) is 5.49. The lowest BCUT2D eigenvalue weighted by atomic mass is 10.1. The first-order valence-electron chi connectivity index (χ1n) is 6.71. The third-order valence-electron chi connectivity index (χ3n) is 3.76. The molecule has 2 aromatic heterocycles. The van der Waals surface area contributed by atoms with Crippen molar-refractivity contribution in [3.63, 3.8) is 0 Å². The molecule has 102 valence electrons. The summed E-state index contributed by atoms with van der Waals surface area (Å²) in [5.74, 6) is 0.636. The van der Waals surface area contributed by atoms with E-state index in [1.807, 2.05) is 28.9 Å². The minimum absolute atomic E-state index is 0.297. The van der Waals surface area contributed by atoms with Gasteiger partial charge >= 0.3 is 0 Å². The highest BCUT2D eigenvalue weighted by Crippen LogP contribution is 2.21. The fourth-order valence-electron chi connectivity index (χ4n) is 2.80. The summed E-state index contributed by atoms with van der Waals surface area (Å²) >= 11 is 5.97. The van der Waals surface area contributed by atoms with Gasteiger partial charge in [-0.25, -0.2) is 4.98 Å². The van der Waals surface area contributed by atoms with Crippen LogP contribution in [0, 0.1) is 5.92 Å². The van der Waals surface area contributed by atoms with E-state index in [0.29, 0.717) is 12.5 Å². The zero-order chi connectivity index (χ0) is 13.2. The summed E-state index contributed by atoms with van der Waals surface area (Å²) in [6.07, 6.45) is 6.02. The Balaban J connectivity index is 1.68. The van der Waals surface area contributed by atoms with Gasteiger partial charge in [0.05, 0.1) is 10.7 Å². The first kappa shape index (κ1) is 12.9. The molecule has 1 atom stereocenters. The van der Waals surface area contributed by atoms with Gasteiger partial charge in [-0.15, -0.1) is 0 Å². The molecule has 0 spiro atoms. The van der Waals surface area contributed by atoms with Gasteiger partial charge in [0, 0.05) is 32.1 Å². The molecule has 5 heteroatoms. The van der Waals surface area contributed by atoms with Crippen molar-refractivity contribution in [1.82, 2.24) is 14.3 Å². The average molecular weight is 280 g/mol. The van der Waals surface area contributed by atoms with Gasteiger partial charge < -0.3 is 9.51 Å². The molecule has 1 saturated heterocycles. The lowest BCUT2D eigenvalue weighted by molar-refractivity contribution is 0.249. The summed E-state index contributed by atoms with van der Waals surface area (Å²) in [4.78, 5) is 7.01. The Morgan fingerprint density at radius 3 is 3.11 bits per heavy atom. The first-order chi connectivity index (χ1) is 9.24. The summed E-state index contributed by atoms with van der Waals surface area (Å²) in [5.41, 5.74) is 2.01. The zero-order valence-corrected chi connectivity index (χ0v) is 11.6.